The minimum absolute atomic E-state index is 0.174. The smallest absolute Gasteiger partial charge is 0.122 e. The summed E-state index contributed by atoms with van der Waals surface area (Å²) in [5.41, 5.74) is 1.36. The van der Waals surface area contributed by atoms with Crippen molar-refractivity contribution in [2.75, 3.05) is 25.7 Å². The molecule has 0 saturated carbocycles. The van der Waals surface area contributed by atoms with E-state index in [0.29, 0.717) is 0 Å². The highest BCUT2D eigenvalue weighted by atomic mass is 32.2. The summed E-state index contributed by atoms with van der Waals surface area (Å²) >= 11 is 4.22. The second-order valence-corrected chi connectivity index (χ2v) is 8.76. The lowest BCUT2D eigenvalue weighted by Gasteiger charge is -2.37. The molecule has 1 fully saturated rings. The van der Waals surface area contributed by atoms with Gasteiger partial charge in [0.2, 0.25) is 0 Å². The molecule has 1 aliphatic heterocycles. The van der Waals surface area contributed by atoms with Gasteiger partial charge in [-0.2, -0.15) is 0 Å². The van der Waals surface area contributed by atoms with E-state index >= 15 is 0 Å². The van der Waals surface area contributed by atoms with Crippen LogP contribution in [0.2, 0.25) is 0 Å². The third-order valence-corrected chi connectivity index (χ3v) is 7.61. The third kappa shape index (κ3) is 4.51. The summed E-state index contributed by atoms with van der Waals surface area (Å²) in [5, 5.41) is 0. The summed E-state index contributed by atoms with van der Waals surface area (Å²) in [6.45, 7) is 2.27. The third-order valence-electron chi connectivity index (χ3n) is 4.11. The maximum Gasteiger partial charge on any atom is 0.122 e. The van der Waals surface area contributed by atoms with E-state index in [2.05, 4.69) is 42.6 Å². The lowest BCUT2D eigenvalue weighted by atomic mass is 10.0. The summed E-state index contributed by atoms with van der Waals surface area (Å²) in [6.07, 6.45) is 7.81. The Morgan fingerprint density at radius 3 is 2.14 bits per heavy atom. The summed E-state index contributed by atoms with van der Waals surface area (Å²) in [7, 11) is 3.46. The van der Waals surface area contributed by atoms with Gasteiger partial charge in [0.25, 0.3) is 0 Å². The number of rotatable bonds is 8. The van der Waals surface area contributed by atoms with Gasteiger partial charge in [-0.1, -0.05) is 32.6 Å². The maximum absolute atomic E-state index is 5.48. The van der Waals surface area contributed by atoms with E-state index in [1.54, 1.807) is 14.2 Å². The fraction of sp³-hybridized carbons (Fsp3) is 0.667. The summed E-state index contributed by atoms with van der Waals surface area (Å²) < 4.78 is 11.1. The van der Waals surface area contributed by atoms with Crippen LogP contribution < -0.4 is 9.47 Å². The first kappa shape index (κ1) is 17.9. The fourth-order valence-electron chi connectivity index (χ4n) is 2.84. The Morgan fingerprint density at radius 2 is 1.59 bits per heavy atom. The van der Waals surface area contributed by atoms with Gasteiger partial charge in [-0.05, 0) is 42.0 Å². The van der Waals surface area contributed by atoms with E-state index in [1.807, 2.05) is 6.07 Å². The van der Waals surface area contributed by atoms with Crippen LogP contribution in [0.4, 0.5) is 0 Å². The molecule has 0 aliphatic carbocycles. The van der Waals surface area contributed by atoms with Gasteiger partial charge in [-0.3, -0.25) is 0 Å². The Morgan fingerprint density at radius 1 is 0.955 bits per heavy atom. The molecule has 0 spiro atoms. The average Bonchev–Trinajstić information content (AvgIpc) is 2.59. The number of hydrogen-bond acceptors (Lipinski definition) is 4. The van der Waals surface area contributed by atoms with E-state index in [0.717, 1.165) is 11.5 Å². The van der Waals surface area contributed by atoms with Gasteiger partial charge in [-0.15, -0.1) is 23.5 Å². The molecule has 0 N–H and O–H groups in total. The molecule has 0 aromatic heterocycles. The molecule has 4 heteroatoms. The number of methoxy groups -OCH3 is 2. The predicted molar refractivity (Wildman–Crippen MR) is 99.5 cm³/mol. The molecular formula is C18H28O2S2. The van der Waals surface area contributed by atoms with Gasteiger partial charge in [0.1, 0.15) is 11.5 Å². The fourth-order valence-corrected chi connectivity index (χ4v) is 6.24. The van der Waals surface area contributed by atoms with Gasteiger partial charge in [0.05, 0.1) is 18.3 Å². The van der Waals surface area contributed by atoms with Crippen molar-refractivity contribution in [3.63, 3.8) is 0 Å². The van der Waals surface area contributed by atoms with Crippen molar-refractivity contribution in [2.45, 2.75) is 49.5 Å². The van der Waals surface area contributed by atoms with Crippen LogP contribution in [-0.4, -0.2) is 25.7 Å². The summed E-state index contributed by atoms with van der Waals surface area (Å²) in [5.74, 6) is 4.30. The van der Waals surface area contributed by atoms with Crippen LogP contribution in [0.25, 0.3) is 0 Å². The van der Waals surface area contributed by atoms with Crippen LogP contribution >= 0.6 is 23.5 Å². The molecule has 0 unspecified atom stereocenters. The number of hydrogen-bond donors (Lipinski definition) is 0. The van der Waals surface area contributed by atoms with Crippen LogP contribution in [0.3, 0.4) is 0 Å². The van der Waals surface area contributed by atoms with E-state index in [1.165, 1.54) is 55.6 Å². The topological polar surface area (TPSA) is 18.5 Å². The van der Waals surface area contributed by atoms with Crippen LogP contribution in [-0.2, 0) is 4.08 Å². The molecular weight excluding hydrogens is 312 g/mol. The van der Waals surface area contributed by atoms with Gasteiger partial charge in [-0.25, -0.2) is 0 Å². The zero-order chi connectivity index (χ0) is 15.8. The Balaban J connectivity index is 2.23. The number of ether oxygens (including phenoxy) is 2. The predicted octanol–water partition coefficient (Wildman–Crippen LogP) is 5.70. The molecule has 0 amide bonds. The number of benzene rings is 1. The lowest BCUT2D eigenvalue weighted by molar-refractivity contribution is 0.393. The van der Waals surface area contributed by atoms with Crippen LogP contribution in [0, 0.1) is 0 Å². The highest BCUT2D eigenvalue weighted by Gasteiger charge is 2.35. The quantitative estimate of drug-likeness (QED) is 0.565. The molecule has 2 rings (SSSR count). The zero-order valence-corrected chi connectivity index (χ0v) is 15.7. The number of unbranched alkanes of at least 4 members (excludes halogenated alkanes) is 3. The van der Waals surface area contributed by atoms with Crippen molar-refractivity contribution in [2.24, 2.45) is 0 Å². The van der Waals surface area contributed by atoms with E-state index in [4.69, 9.17) is 9.47 Å². The van der Waals surface area contributed by atoms with Crippen molar-refractivity contribution in [3.05, 3.63) is 23.8 Å². The van der Waals surface area contributed by atoms with E-state index in [-0.39, 0.29) is 4.08 Å². The molecule has 1 aliphatic rings. The number of thioether (sulfide) groups is 2. The molecule has 1 saturated heterocycles. The minimum atomic E-state index is 0.174. The summed E-state index contributed by atoms with van der Waals surface area (Å²) in [4.78, 5) is 0. The van der Waals surface area contributed by atoms with Gasteiger partial charge in [0.15, 0.2) is 0 Å². The van der Waals surface area contributed by atoms with Gasteiger partial charge >= 0.3 is 0 Å². The first-order valence-corrected chi connectivity index (χ1v) is 10.2. The Bertz CT molecular complexity index is 434. The first-order valence-electron chi connectivity index (χ1n) is 8.25. The normalized spacial score (nSPS) is 17.2. The maximum atomic E-state index is 5.48. The Kier molecular flexibility index (Phi) is 7.29. The molecule has 1 heterocycles. The highest BCUT2D eigenvalue weighted by Crippen LogP contribution is 2.54. The molecule has 22 heavy (non-hydrogen) atoms. The van der Waals surface area contributed by atoms with Gasteiger partial charge in [0, 0.05) is 6.07 Å². The molecule has 0 atom stereocenters. The molecule has 1 aromatic rings. The minimum Gasteiger partial charge on any atom is -0.497 e. The Labute approximate surface area is 143 Å². The molecule has 2 nitrogen and oxygen atoms in total. The van der Waals surface area contributed by atoms with E-state index < -0.39 is 0 Å². The van der Waals surface area contributed by atoms with Crippen LogP contribution in [0.15, 0.2) is 18.2 Å². The average molecular weight is 341 g/mol. The van der Waals surface area contributed by atoms with Crippen LogP contribution in [0.1, 0.15) is 51.0 Å². The second-order valence-electron chi connectivity index (χ2n) is 5.72. The largest absolute Gasteiger partial charge is 0.497 e. The highest BCUT2D eigenvalue weighted by molar-refractivity contribution is 8.18. The van der Waals surface area contributed by atoms with Crippen molar-refractivity contribution < 1.29 is 9.47 Å². The molecule has 1 aromatic carbocycles. The van der Waals surface area contributed by atoms with Crippen LogP contribution in [0.5, 0.6) is 11.5 Å². The molecule has 0 bridgehead atoms. The SMILES string of the molecule is CCCCCCC1(c2cc(OC)cc(OC)c2)SCCCS1. The van der Waals surface area contributed by atoms with Crippen molar-refractivity contribution in [1.82, 2.24) is 0 Å². The Hall–Kier alpha value is -0.480. The zero-order valence-electron chi connectivity index (χ0n) is 14.0. The van der Waals surface area contributed by atoms with Gasteiger partial charge < -0.3 is 9.47 Å². The van der Waals surface area contributed by atoms with E-state index in [9.17, 15) is 0 Å². The molecule has 0 radical (unpaired) electrons. The lowest BCUT2D eigenvalue weighted by Crippen LogP contribution is -2.23. The summed E-state index contributed by atoms with van der Waals surface area (Å²) in [6, 6.07) is 6.37. The standard InChI is InChI=1S/C18H28O2S2/c1-4-5-6-7-9-18(21-10-8-11-22-18)15-12-16(19-2)14-17(13-15)20-3/h12-14H,4-11H2,1-3H3. The monoisotopic (exact) mass is 340 g/mol. The first-order chi connectivity index (χ1) is 10.7. The van der Waals surface area contributed by atoms with Crippen molar-refractivity contribution in [1.29, 1.82) is 0 Å². The van der Waals surface area contributed by atoms with Crippen molar-refractivity contribution in [3.8, 4) is 11.5 Å². The second kappa shape index (κ2) is 8.97. The molecule has 124 valence electrons. The van der Waals surface area contributed by atoms with Crippen molar-refractivity contribution >= 4 is 23.5 Å².